The van der Waals surface area contributed by atoms with E-state index in [0.717, 1.165) is 0 Å². The minimum Gasteiger partial charge on any atom is -0.468 e. The first-order valence-corrected chi connectivity index (χ1v) is 5.25. The van der Waals surface area contributed by atoms with Gasteiger partial charge in [-0.25, -0.2) is 0 Å². The molecule has 0 saturated heterocycles. The van der Waals surface area contributed by atoms with Gasteiger partial charge in [0, 0.05) is 6.54 Å². The molecule has 0 aliphatic carbocycles. The van der Waals surface area contributed by atoms with Gasteiger partial charge in [0.2, 0.25) is 11.2 Å². The minimum absolute atomic E-state index is 0.00941. The number of hydrogen-bond donors (Lipinski definition) is 0. The molecule has 0 aliphatic rings. The maximum Gasteiger partial charge on any atom is 0.325 e. The van der Waals surface area contributed by atoms with E-state index in [4.69, 9.17) is 16.3 Å². The smallest absolute Gasteiger partial charge is 0.325 e. The van der Waals surface area contributed by atoms with Crippen LogP contribution in [0.2, 0.25) is 5.28 Å². The Bertz CT molecular complexity index is 402. The van der Waals surface area contributed by atoms with Gasteiger partial charge in [-0.3, -0.25) is 4.79 Å². The van der Waals surface area contributed by atoms with Gasteiger partial charge in [0.05, 0.1) is 14.2 Å². The van der Waals surface area contributed by atoms with Gasteiger partial charge in [0.1, 0.15) is 6.54 Å². The first-order valence-electron chi connectivity index (χ1n) is 4.88. The Morgan fingerprint density at radius 1 is 1.35 bits per heavy atom. The van der Waals surface area contributed by atoms with Gasteiger partial charge < -0.3 is 14.4 Å². The molecule has 0 aliphatic heterocycles. The Kier molecular flexibility index (Phi) is 4.89. The second kappa shape index (κ2) is 6.19. The van der Waals surface area contributed by atoms with Crippen molar-refractivity contribution in [2.45, 2.75) is 6.92 Å². The van der Waals surface area contributed by atoms with E-state index in [0.29, 0.717) is 6.54 Å². The van der Waals surface area contributed by atoms with Crippen molar-refractivity contribution in [3.8, 4) is 6.01 Å². The molecule has 0 spiro atoms. The molecular weight excluding hydrogens is 248 g/mol. The van der Waals surface area contributed by atoms with Crippen LogP contribution in [0, 0.1) is 0 Å². The number of carbonyl (C=O) groups excluding carboxylic acids is 1. The lowest BCUT2D eigenvalue weighted by Gasteiger charge is -2.19. The molecule has 0 atom stereocenters. The lowest BCUT2D eigenvalue weighted by Crippen LogP contribution is -2.32. The third kappa shape index (κ3) is 3.70. The molecule has 1 heterocycles. The summed E-state index contributed by atoms with van der Waals surface area (Å²) in [6, 6.07) is 0.100. The highest BCUT2D eigenvalue weighted by molar-refractivity contribution is 6.28. The quantitative estimate of drug-likeness (QED) is 0.715. The van der Waals surface area contributed by atoms with Gasteiger partial charge in [-0.15, -0.1) is 0 Å². The molecule has 0 unspecified atom stereocenters. The van der Waals surface area contributed by atoms with Crippen LogP contribution in [0.1, 0.15) is 6.92 Å². The zero-order valence-corrected chi connectivity index (χ0v) is 10.6. The van der Waals surface area contributed by atoms with Crippen molar-refractivity contribution in [3.05, 3.63) is 5.28 Å². The van der Waals surface area contributed by atoms with Crippen LogP contribution in [-0.2, 0) is 9.53 Å². The fraction of sp³-hybridized carbons (Fsp3) is 0.556. The Hall–Kier alpha value is -1.63. The number of hydrogen-bond acceptors (Lipinski definition) is 7. The molecule has 0 fully saturated rings. The molecule has 8 heteroatoms. The van der Waals surface area contributed by atoms with Crippen molar-refractivity contribution in [3.63, 3.8) is 0 Å². The molecular formula is C9H13ClN4O3. The lowest BCUT2D eigenvalue weighted by atomic mass is 10.5. The number of halogens is 1. The number of esters is 1. The molecule has 0 saturated carbocycles. The van der Waals surface area contributed by atoms with Crippen LogP contribution in [0.15, 0.2) is 0 Å². The van der Waals surface area contributed by atoms with Crippen molar-refractivity contribution < 1.29 is 14.3 Å². The molecule has 94 valence electrons. The fourth-order valence-corrected chi connectivity index (χ4v) is 1.25. The van der Waals surface area contributed by atoms with E-state index in [1.165, 1.54) is 14.2 Å². The van der Waals surface area contributed by atoms with Crippen LogP contribution >= 0.6 is 11.6 Å². The number of nitrogens with zero attached hydrogens (tertiary/aromatic N) is 4. The van der Waals surface area contributed by atoms with Gasteiger partial charge >= 0.3 is 12.0 Å². The molecule has 0 radical (unpaired) electrons. The normalized spacial score (nSPS) is 9.88. The van der Waals surface area contributed by atoms with Crippen LogP contribution in [0.25, 0.3) is 0 Å². The highest BCUT2D eigenvalue weighted by Crippen LogP contribution is 2.14. The second-order valence-corrected chi connectivity index (χ2v) is 3.32. The van der Waals surface area contributed by atoms with Crippen molar-refractivity contribution in [2.75, 3.05) is 32.2 Å². The number of ether oxygens (including phenoxy) is 2. The number of rotatable bonds is 5. The van der Waals surface area contributed by atoms with E-state index in [1.807, 2.05) is 6.92 Å². The van der Waals surface area contributed by atoms with E-state index in [1.54, 1.807) is 4.90 Å². The Morgan fingerprint density at radius 3 is 2.59 bits per heavy atom. The predicted octanol–water partition coefficient (Wildman–Crippen LogP) is 0.533. The van der Waals surface area contributed by atoms with Gasteiger partial charge in [-0.2, -0.15) is 15.0 Å². The van der Waals surface area contributed by atoms with Crippen molar-refractivity contribution in [1.82, 2.24) is 15.0 Å². The molecule has 1 aromatic rings. The Morgan fingerprint density at radius 2 is 2.06 bits per heavy atom. The summed E-state index contributed by atoms with van der Waals surface area (Å²) in [6.07, 6.45) is 0. The molecule has 0 bridgehead atoms. The largest absolute Gasteiger partial charge is 0.468 e. The summed E-state index contributed by atoms with van der Waals surface area (Å²) >= 11 is 5.72. The molecule has 0 amide bonds. The van der Waals surface area contributed by atoms with Crippen molar-refractivity contribution in [2.24, 2.45) is 0 Å². The number of methoxy groups -OCH3 is 2. The number of anilines is 1. The van der Waals surface area contributed by atoms with Crippen molar-refractivity contribution >= 4 is 23.5 Å². The van der Waals surface area contributed by atoms with E-state index in [2.05, 4.69) is 19.7 Å². The van der Waals surface area contributed by atoms with Crippen LogP contribution in [0.3, 0.4) is 0 Å². The summed E-state index contributed by atoms with van der Waals surface area (Å²) in [5.74, 6) is -0.114. The third-order valence-electron chi connectivity index (χ3n) is 1.97. The average molecular weight is 261 g/mol. The highest BCUT2D eigenvalue weighted by Gasteiger charge is 2.15. The molecule has 0 N–H and O–H groups in total. The molecule has 1 rings (SSSR count). The summed E-state index contributed by atoms with van der Waals surface area (Å²) in [6.45, 7) is 2.42. The van der Waals surface area contributed by atoms with Crippen LogP contribution in [-0.4, -0.2) is 48.2 Å². The SMILES string of the molecule is CCN(CC(=O)OC)c1nc(Cl)nc(OC)n1. The van der Waals surface area contributed by atoms with Gasteiger partial charge in [-0.05, 0) is 18.5 Å². The second-order valence-electron chi connectivity index (χ2n) is 2.98. The first-order chi connectivity index (χ1) is 8.10. The Balaban J connectivity index is 2.94. The van der Waals surface area contributed by atoms with E-state index >= 15 is 0 Å². The third-order valence-corrected chi connectivity index (χ3v) is 2.14. The highest BCUT2D eigenvalue weighted by atomic mass is 35.5. The van der Waals surface area contributed by atoms with Gasteiger partial charge in [-0.1, -0.05) is 0 Å². The van der Waals surface area contributed by atoms with E-state index < -0.39 is 0 Å². The van der Waals surface area contributed by atoms with Crippen LogP contribution in [0.5, 0.6) is 6.01 Å². The molecule has 1 aromatic heterocycles. The summed E-state index contributed by atoms with van der Waals surface area (Å²) in [4.78, 5) is 24.5. The van der Waals surface area contributed by atoms with Crippen LogP contribution in [0.4, 0.5) is 5.95 Å². The summed E-state index contributed by atoms with van der Waals surface area (Å²) in [7, 11) is 2.74. The number of likely N-dealkylation sites (N-methyl/N-ethyl adjacent to an activating group) is 1. The van der Waals surface area contributed by atoms with Crippen molar-refractivity contribution in [1.29, 1.82) is 0 Å². The summed E-state index contributed by atoms with van der Waals surface area (Å²) in [5, 5.41) is 0.00941. The monoisotopic (exact) mass is 260 g/mol. The molecule has 0 aromatic carbocycles. The van der Waals surface area contributed by atoms with Gasteiger partial charge in [0.25, 0.3) is 0 Å². The summed E-state index contributed by atoms with van der Waals surface area (Å²) < 4.78 is 9.45. The van der Waals surface area contributed by atoms with E-state index in [9.17, 15) is 4.79 Å². The zero-order chi connectivity index (χ0) is 12.8. The molecule has 7 nitrogen and oxygen atoms in total. The fourth-order valence-electron chi connectivity index (χ4n) is 1.10. The van der Waals surface area contributed by atoms with Gasteiger partial charge in [0.15, 0.2) is 0 Å². The maximum atomic E-state index is 11.2. The van der Waals surface area contributed by atoms with E-state index in [-0.39, 0.29) is 29.8 Å². The summed E-state index contributed by atoms with van der Waals surface area (Å²) in [5.41, 5.74) is 0. The topological polar surface area (TPSA) is 77.4 Å². The zero-order valence-electron chi connectivity index (χ0n) is 9.81. The lowest BCUT2D eigenvalue weighted by molar-refractivity contribution is -0.138. The minimum atomic E-state index is -0.387. The number of aromatic nitrogens is 3. The first kappa shape index (κ1) is 13.4. The van der Waals surface area contributed by atoms with Crippen LogP contribution < -0.4 is 9.64 Å². The standard InChI is InChI=1S/C9H13ClN4O3/c1-4-14(5-6(15)16-2)8-11-7(10)12-9(13-8)17-3/h4-5H2,1-3H3. The Labute approximate surface area is 104 Å². The number of carbonyl (C=O) groups is 1. The molecule has 17 heavy (non-hydrogen) atoms. The average Bonchev–Trinajstić information content (AvgIpc) is 2.34. The predicted molar refractivity (Wildman–Crippen MR) is 61.3 cm³/mol. The maximum absolute atomic E-state index is 11.2.